The molecular weight excluding hydrogens is 206 g/mol. The van der Waals surface area contributed by atoms with Gasteiger partial charge in [-0.25, -0.2) is 0 Å². The highest BCUT2D eigenvalue weighted by atomic mass is 16.5. The molecule has 3 atom stereocenters. The molecule has 4 nitrogen and oxygen atoms in total. The Morgan fingerprint density at radius 2 is 2.25 bits per heavy atom. The summed E-state index contributed by atoms with van der Waals surface area (Å²) in [6, 6.07) is 0.505. The maximum Gasteiger partial charge on any atom is 0.306 e. The van der Waals surface area contributed by atoms with Gasteiger partial charge in [-0.3, -0.25) is 9.69 Å². The van der Waals surface area contributed by atoms with Crippen molar-refractivity contribution < 1.29 is 14.6 Å². The predicted molar refractivity (Wildman–Crippen MR) is 62.5 cm³/mol. The molecule has 94 valence electrons. The quantitative estimate of drug-likeness (QED) is 0.778. The third kappa shape index (κ3) is 3.76. The fourth-order valence-electron chi connectivity index (χ4n) is 2.13. The third-order valence-electron chi connectivity index (χ3n) is 3.62. The Labute approximate surface area is 97.6 Å². The van der Waals surface area contributed by atoms with Gasteiger partial charge in [-0.2, -0.15) is 0 Å². The van der Waals surface area contributed by atoms with E-state index >= 15 is 0 Å². The van der Waals surface area contributed by atoms with E-state index in [0.29, 0.717) is 18.6 Å². The second-order valence-corrected chi connectivity index (χ2v) is 4.71. The number of nitrogens with zero attached hydrogens (tertiary/aromatic N) is 1. The molecule has 0 saturated carbocycles. The Morgan fingerprint density at radius 3 is 2.81 bits per heavy atom. The van der Waals surface area contributed by atoms with Crippen LogP contribution in [0.3, 0.4) is 0 Å². The lowest BCUT2D eigenvalue weighted by Gasteiger charge is -2.38. The minimum atomic E-state index is -0.775. The third-order valence-corrected chi connectivity index (χ3v) is 3.62. The van der Waals surface area contributed by atoms with Gasteiger partial charge in [0, 0.05) is 19.1 Å². The molecule has 0 radical (unpaired) electrons. The Bertz CT molecular complexity index is 232. The lowest BCUT2D eigenvalue weighted by atomic mass is 9.98. The van der Waals surface area contributed by atoms with Gasteiger partial charge < -0.3 is 9.84 Å². The summed E-state index contributed by atoms with van der Waals surface area (Å²) in [6.45, 7) is 8.97. The second-order valence-electron chi connectivity index (χ2n) is 4.71. The molecule has 0 aromatic carbocycles. The Hall–Kier alpha value is -0.610. The van der Waals surface area contributed by atoms with Gasteiger partial charge in [0.05, 0.1) is 19.1 Å². The fraction of sp³-hybridized carbons (Fsp3) is 0.917. The minimum Gasteiger partial charge on any atom is -0.481 e. The highest BCUT2D eigenvalue weighted by Gasteiger charge is 2.27. The van der Waals surface area contributed by atoms with Gasteiger partial charge in [0.1, 0.15) is 0 Å². The van der Waals surface area contributed by atoms with Crippen LogP contribution >= 0.6 is 0 Å². The van der Waals surface area contributed by atoms with E-state index in [0.717, 1.165) is 19.5 Å². The molecule has 16 heavy (non-hydrogen) atoms. The van der Waals surface area contributed by atoms with Crippen molar-refractivity contribution in [2.75, 3.05) is 19.7 Å². The van der Waals surface area contributed by atoms with Gasteiger partial charge in [0.2, 0.25) is 0 Å². The number of morpholine rings is 1. The van der Waals surface area contributed by atoms with Crippen molar-refractivity contribution in [2.24, 2.45) is 5.92 Å². The van der Waals surface area contributed by atoms with Gasteiger partial charge >= 0.3 is 5.97 Å². The number of carbonyl (C=O) groups is 1. The molecule has 0 aliphatic carbocycles. The fourth-order valence-corrected chi connectivity index (χ4v) is 2.13. The Kier molecular flexibility index (Phi) is 5.22. The molecule has 1 aliphatic rings. The van der Waals surface area contributed by atoms with Crippen molar-refractivity contribution in [3.8, 4) is 0 Å². The summed E-state index contributed by atoms with van der Waals surface area (Å²) in [5, 5.41) is 8.75. The Balaban J connectivity index is 2.46. The molecular formula is C12H23NO3. The zero-order chi connectivity index (χ0) is 12.1. The number of aliphatic carboxylic acids is 1. The lowest BCUT2D eigenvalue weighted by molar-refractivity contribution is -0.142. The average Bonchev–Trinajstić information content (AvgIpc) is 2.26. The molecule has 1 N–H and O–H groups in total. The van der Waals surface area contributed by atoms with Crippen LogP contribution in [0.4, 0.5) is 0 Å². The van der Waals surface area contributed by atoms with Gasteiger partial charge in [-0.1, -0.05) is 20.3 Å². The summed E-state index contributed by atoms with van der Waals surface area (Å²) in [7, 11) is 0. The first-order valence-electron chi connectivity index (χ1n) is 6.12. The van der Waals surface area contributed by atoms with E-state index in [2.05, 4.69) is 25.7 Å². The summed E-state index contributed by atoms with van der Waals surface area (Å²) < 4.78 is 5.46. The number of carboxylic acid groups (broad SMARTS) is 1. The molecule has 1 saturated heterocycles. The largest absolute Gasteiger partial charge is 0.481 e. The van der Waals surface area contributed by atoms with Crippen molar-refractivity contribution in [1.29, 1.82) is 0 Å². The predicted octanol–water partition coefficient (Wildman–Crippen LogP) is 1.60. The van der Waals surface area contributed by atoms with Crippen molar-refractivity contribution in [2.45, 2.75) is 45.8 Å². The van der Waals surface area contributed by atoms with Crippen LogP contribution in [0, 0.1) is 5.92 Å². The highest BCUT2D eigenvalue weighted by molar-refractivity contribution is 5.67. The topological polar surface area (TPSA) is 49.8 Å². The molecule has 1 rings (SSSR count). The minimum absolute atomic E-state index is 0.115. The monoisotopic (exact) mass is 229 g/mol. The normalized spacial score (nSPS) is 26.3. The zero-order valence-electron chi connectivity index (χ0n) is 10.5. The van der Waals surface area contributed by atoms with E-state index in [1.807, 2.05) is 0 Å². The van der Waals surface area contributed by atoms with Crippen LogP contribution in [0.25, 0.3) is 0 Å². The number of carboxylic acids is 1. The van der Waals surface area contributed by atoms with Gasteiger partial charge in [-0.05, 0) is 12.8 Å². The number of rotatable bonds is 5. The molecule has 3 unspecified atom stereocenters. The SMILES string of the molecule is CCC(C)C(C)N1CCOC(CC(=O)O)C1. The van der Waals surface area contributed by atoms with Crippen LogP contribution in [-0.4, -0.2) is 47.8 Å². The number of hydrogen-bond donors (Lipinski definition) is 1. The smallest absolute Gasteiger partial charge is 0.306 e. The van der Waals surface area contributed by atoms with E-state index in [9.17, 15) is 4.79 Å². The van der Waals surface area contributed by atoms with E-state index in [-0.39, 0.29) is 12.5 Å². The van der Waals surface area contributed by atoms with Crippen LogP contribution < -0.4 is 0 Å². The van der Waals surface area contributed by atoms with Crippen LogP contribution in [0.2, 0.25) is 0 Å². The van der Waals surface area contributed by atoms with Crippen molar-refractivity contribution in [1.82, 2.24) is 4.90 Å². The number of hydrogen-bond acceptors (Lipinski definition) is 3. The summed E-state index contributed by atoms with van der Waals surface area (Å²) in [5.74, 6) is -0.133. The first-order valence-corrected chi connectivity index (χ1v) is 6.12. The maximum absolute atomic E-state index is 10.6. The van der Waals surface area contributed by atoms with E-state index in [1.165, 1.54) is 0 Å². The average molecular weight is 229 g/mol. The van der Waals surface area contributed by atoms with E-state index in [1.54, 1.807) is 0 Å². The summed E-state index contributed by atoms with van der Waals surface area (Å²) in [5.41, 5.74) is 0. The van der Waals surface area contributed by atoms with Crippen molar-refractivity contribution >= 4 is 5.97 Å². The molecule has 1 aliphatic heterocycles. The lowest BCUT2D eigenvalue weighted by Crippen LogP contribution is -2.49. The number of ether oxygens (including phenoxy) is 1. The molecule has 0 amide bonds. The van der Waals surface area contributed by atoms with Crippen molar-refractivity contribution in [3.05, 3.63) is 0 Å². The molecule has 1 fully saturated rings. The Morgan fingerprint density at radius 1 is 1.56 bits per heavy atom. The van der Waals surface area contributed by atoms with Crippen LogP contribution in [-0.2, 0) is 9.53 Å². The molecule has 0 aromatic rings. The highest BCUT2D eigenvalue weighted by Crippen LogP contribution is 2.18. The molecule has 0 aromatic heterocycles. The standard InChI is InChI=1S/C12H23NO3/c1-4-9(2)10(3)13-5-6-16-11(8-13)7-12(14)15/h9-11H,4-8H2,1-3H3,(H,14,15). The maximum atomic E-state index is 10.6. The van der Waals surface area contributed by atoms with E-state index < -0.39 is 5.97 Å². The van der Waals surface area contributed by atoms with Crippen LogP contribution in [0.15, 0.2) is 0 Å². The van der Waals surface area contributed by atoms with Gasteiger partial charge in [-0.15, -0.1) is 0 Å². The summed E-state index contributed by atoms with van der Waals surface area (Å²) in [6.07, 6.45) is 1.13. The second kappa shape index (κ2) is 6.21. The van der Waals surface area contributed by atoms with Crippen LogP contribution in [0.5, 0.6) is 0 Å². The van der Waals surface area contributed by atoms with Crippen molar-refractivity contribution in [3.63, 3.8) is 0 Å². The molecule has 4 heteroatoms. The van der Waals surface area contributed by atoms with E-state index in [4.69, 9.17) is 9.84 Å². The van der Waals surface area contributed by atoms with Gasteiger partial charge in [0.15, 0.2) is 0 Å². The molecule has 0 spiro atoms. The van der Waals surface area contributed by atoms with Crippen LogP contribution in [0.1, 0.15) is 33.6 Å². The summed E-state index contributed by atoms with van der Waals surface area (Å²) in [4.78, 5) is 13.0. The summed E-state index contributed by atoms with van der Waals surface area (Å²) >= 11 is 0. The molecule has 0 bridgehead atoms. The first-order chi connectivity index (χ1) is 7.54. The zero-order valence-corrected chi connectivity index (χ0v) is 10.5. The molecule has 1 heterocycles. The van der Waals surface area contributed by atoms with Gasteiger partial charge in [0.25, 0.3) is 0 Å². The first kappa shape index (κ1) is 13.5.